The van der Waals surface area contributed by atoms with E-state index in [9.17, 15) is 14.7 Å². The van der Waals surface area contributed by atoms with Crippen LogP contribution in [0.15, 0.2) is 33.7 Å². The molecule has 27 heavy (non-hydrogen) atoms. The third-order valence-electron chi connectivity index (χ3n) is 4.36. The van der Waals surface area contributed by atoms with Crippen LogP contribution in [0.3, 0.4) is 0 Å². The average Bonchev–Trinajstić information content (AvgIpc) is 2.52. The number of benzene rings is 1. The third-order valence-corrected chi connectivity index (χ3v) is 6.05. The van der Waals surface area contributed by atoms with Crippen molar-refractivity contribution in [1.82, 2.24) is 5.32 Å². The van der Waals surface area contributed by atoms with Gasteiger partial charge in [0.15, 0.2) is 5.17 Å². The van der Waals surface area contributed by atoms with Gasteiger partial charge in [-0.15, -0.1) is 0 Å². The number of alkyl carbamates (subject to hydrolysis) is 1. The second-order valence-electron chi connectivity index (χ2n) is 7.59. The summed E-state index contributed by atoms with van der Waals surface area (Å²) in [5.74, 6) is -1.16. The van der Waals surface area contributed by atoms with Crippen LogP contribution in [0.5, 0.6) is 0 Å². The molecule has 0 aliphatic carbocycles. The summed E-state index contributed by atoms with van der Waals surface area (Å²) in [6.07, 6.45) is -0.0136. The van der Waals surface area contributed by atoms with Crippen molar-refractivity contribution in [3.8, 4) is 0 Å². The van der Waals surface area contributed by atoms with Crippen molar-refractivity contribution in [2.45, 2.75) is 57.4 Å². The Balaban J connectivity index is 2.46. The number of carbonyl (C=O) groups is 2. The van der Waals surface area contributed by atoms with E-state index in [2.05, 4.69) is 21.2 Å². The van der Waals surface area contributed by atoms with E-state index in [1.54, 1.807) is 20.8 Å². The summed E-state index contributed by atoms with van der Waals surface area (Å²) in [6.45, 7) is 9.16. The van der Waals surface area contributed by atoms with Gasteiger partial charge in [0.1, 0.15) is 10.9 Å². The van der Waals surface area contributed by atoms with Crippen molar-refractivity contribution < 1.29 is 19.4 Å². The molecule has 1 aliphatic rings. The van der Waals surface area contributed by atoms with Crippen LogP contribution in [0.25, 0.3) is 0 Å². The van der Waals surface area contributed by atoms with E-state index in [1.165, 1.54) is 0 Å². The number of hydrogen-bond donors (Lipinski definition) is 2. The van der Waals surface area contributed by atoms with Gasteiger partial charge < -0.3 is 9.84 Å². The van der Waals surface area contributed by atoms with E-state index in [1.807, 2.05) is 38.1 Å². The zero-order chi connectivity index (χ0) is 20.4. The fraction of sp³-hybridized carbons (Fsp3) is 0.526. The first-order chi connectivity index (χ1) is 12.5. The number of amidine groups is 1. The number of amides is 1. The van der Waals surface area contributed by atoms with Crippen LogP contribution in [-0.4, -0.2) is 33.2 Å². The normalized spacial score (nSPS) is 25.5. The Kier molecular flexibility index (Phi) is 6.63. The van der Waals surface area contributed by atoms with Gasteiger partial charge in [-0.2, -0.15) is 0 Å². The number of aliphatic imine (C=N–C) groups is 1. The van der Waals surface area contributed by atoms with Gasteiger partial charge in [0, 0.05) is 10.4 Å². The number of thioether (sulfide) groups is 1. The lowest BCUT2D eigenvalue weighted by molar-refractivity contribution is -0.138. The molecule has 0 aromatic heterocycles. The first kappa shape index (κ1) is 21.8. The highest BCUT2D eigenvalue weighted by Gasteiger charge is 2.47. The van der Waals surface area contributed by atoms with Crippen LogP contribution in [-0.2, 0) is 15.1 Å². The standard InChI is InChI=1S/C19H25BrN2O4S/c1-6-13-14(15(23)24)27-16(21-17(25)26-18(2,3)4)22-19(13,5)11-8-7-9-12(20)10-11/h7-10,13-14H,6H2,1-5H3,(H,23,24)(H,21,22,25)/t13?,14-,19+/m0/s1. The van der Waals surface area contributed by atoms with E-state index in [-0.39, 0.29) is 11.1 Å². The SMILES string of the molecule is CCC1[C@@H](C(=O)O)SC(NC(=O)OC(C)(C)C)=N[C@]1(C)c1cccc(Br)c1. The minimum atomic E-state index is -0.925. The minimum absolute atomic E-state index is 0.238. The number of halogens is 1. The second-order valence-corrected chi connectivity index (χ2v) is 9.64. The van der Waals surface area contributed by atoms with Crippen LogP contribution in [0.4, 0.5) is 4.79 Å². The monoisotopic (exact) mass is 456 g/mol. The molecule has 0 saturated heterocycles. The Morgan fingerprint density at radius 1 is 1.41 bits per heavy atom. The minimum Gasteiger partial charge on any atom is -0.480 e. The first-order valence-corrected chi connectivity index (χ1v) is 10.4. The molecule has 1 unspecified atom stereocenters. The van der Waals surface area contributed by atoms with E-state index in [4.69, 9.17) is 9.73 Å². The van der Waals surface area contributed by atoms with Crippen molar-refractivity contribution in [2.75, 3.05) is 0 Å². The van der Waals surface area contributed by atoms with Gasteiger partial charge in [-0.3, -0.25) is 15.1 Å². The quantitative estimate of drug-likeness (QED) is 0.683. The molecule has 3 atom stereocenters. The van der Waals surface area contributed by atoms with Crippen LogP contribution in [0, 0.1) is 5.92 Å². The highest BCUT2D eigenvalue weighted by Crippen LogP contribution is 2.46. The Morgan fingerprint density at radius 2 is 2.07 bits per heavy atom. The number of rotatable bonds is 3. The largest absolute Gasteiger partial charge is 0.480 e. The molecule has 0 bridgehead atoms. The number of hydrogen-bond acceptors (Lipinski definition) is 5. The van der Waals surface area contributed by atoms with Crippen molar-refractivity contribution in [3.05, 3.63) is 34.3 Å². The molecular formula is C19H25BrN2O4S. The molecule has 2 N–H and O–H groups in total. The highest BCUT2D eigenvalue weighted by atomic mass is 79.9. The number of ether oxygens (including phenoxy) is 1. The Hall–Kier alpha value is -1.54. The van der Waals surface area contributed by atoms with Crippen LogP contribution < -0.4 is 5.32 Å². The highest BCUT2D eigenvalue weighted by molar-refractivity contribution is 9.10. The molecular weight excluding hydrogens is 432 g/mol. The van der Waals surface area contributed by atoms with Crippen molar-refractivity contribution in [3.63, 3.8) is 0 Å². The van der Waals surface area contributed by atoms with Gasteiger partial charge in [-0.05, 0) is 51.8 Å². The molecule has 1 heterocycles. The maximum absolute atomic E-state index is 12.2. The molecule has 1 aromatic rings. The lowest BCUT2D eigenvalue weighted by atomic mass is 9.76. The molecule has 0 fully saturated rings. The molecule has 8 heteroatoms. The predicted molar refractivity (Wildman–Crippen MR) is 111 cm³/mol. The Labute approximate surface area is 172 Å². The van der Waals surface area contributed by atoms with Gasteiger partial charge in [-0.25, -0.2) is 4.79 Å². The van der Waals surface area contributed by atoms with E-state index in [0.717, 1.165) is 21.8 Å². The molecule has 6 nitrogen and oxygen atoms in total. The number of nitrogens with zero attached hydrogens (tertiary/aromatic N) is 1. The van der Waals surface area contributed by atoms with Gasteiger partial charge >= 0.3 is 12.1 Å². The summed E-state index contributed by atoms with van der Waals surface area (Å²) in [4.78, 5) is 28.9. The number of aliphatic carboxylic acids is 1. The fourth-order valence-corrected chi connectivity index (χ4v) is 4.93. The second kappa shape index (κ2) is 8.22. The topological polar surface area (TPSA) is 88.0 Å². The van der Waals surface area contributed by atoms with Crippen LogP contribution in [0.2, 0.25) is 0 Å². The molecule has 1 aromatic carbocycles. The summed E-state index contributed by atoms with van der Waals surface area (Å²) in [7, 11) is 0. The summed E-state index contributed by atoms with van der Waals surface area (Å²) >= 11 is 4.52. The molecule has 0 radical (unpaired) electrons. The number of carbonyl (C=O) groups excluding carboxylic acids is 1. The number of nitrogens with one attached hydrogen (secondary N) is 1. The molecule has 0 saturated carbocycles. The third kappa shape index (κ3) is 5.25. The van der Waals surface area contributed by atoms with Crippen LogP contribution in [0.1, 0.15) is 46.6 Å². The molecule has 1 amide bonds. The predicted octanol–water partition coefficient (Wildman–Crippen LogP) is 4.77. The maximum Gasteiger partial charge on any atom is 0.413 e. The zero-order valence-electron chi connectivity index (χ0n) is 16.1. The number of carboxylic acids is 1. The molecule has 2 rings (SSSR count). The average molecular weight is 457 g/mol. The summed E-state index contributed by atoms with van der Waals surface area (Å²) < 4.78 is 6.17. The Bertz CT molecular complexity index is 762. The maximum atomic E-state index is 12.2. The van der Waals surface area contributed by atoms with Gasteiger partial charge in [0.05, 0.1) is 5.54 Å². The molecule has 148 valence electrons. The first-order valence-electron chi connectivity index (χ1n) is 8.71. The molecule has 1 aliphatic heterocycles. The van der Waals surface area contributed by atoms with Crippen molar-refractivity contribution >= 4 is 44.9 Å². The van der Waals surface area contributed by atoms with Gasteiger partial charge in [-0.1, -0.05) is 46.7 Å². The summed E-state index contributed by atoms with van der Waals surface area (Å²) in [5.41, 5.74) is -0.564. The lowest BCUT2D eigenvalue weighted by Crippen LogP contribution is -2.48. The molecule has 0 spiro atoms. The van der Waals surface area contributed by atoms with E-state index >= 15 is 0 Å². The fourth-order valence-electron chi connectivity index (χ4n) is 3.18. The summed E-state index contributed by atoms with van der Waals surface area (Å²) in [5, 5.41) is 11.9. The lowest BCUT2D eigenvalue weighted by Gasteiger charge is -2.41. The summed E-state index contributed by atoms with van der Waals surface area (Å²) in [6, 6.07) is 7.66. The van der Waals surface area contributed by atoms with Gasteiger partial charge in [0.25, 0.3) is 0 Å². The van der Waals surface area contributed by atoms with Crippen molar-refractivity contribution in [1.29, 1.82) is 0 Å². The number of carboxylic acid groups (broad SMARTS) is 1. The Morgan fingerprint density at radius 3 is 2.59 bits per heavy atom. The zero-order valence-corrected chi connectivity index (χ0v) is 18.5. The van der Waals surface area contributed by atoms with Crippen LogP contribution >= 0.6 is 27.7 Å². The van der Waals surface area contributed by atoms with Gasteiger partial charge in [0.2, 0.25) is 0 Å². The van der Waals surface area contributed by atoms with Crippen molar-refractivity contribution in [2.24, 2.45) is 10.9 Å². The van der Waals surface area contributed by atoms with E-state index in [0.29, 0.717) is 6.42 Å². The smallest absolute Gasteiger partial charge is 0.413 e. The van der Waals surface area contributed by atoms with E-state index < -0.39 is 28.5 Å².